The number of aromatic nitrogens is 2. The zero-order valence-corrected chi connectivity index (χ0v) is 14.6. The Kier molecular flexibility index (Phi) is 5.25. The highest BCUT2D eigenvalue weighted by atomic mass is 19.4. The molecule has 0 aromatic carbocycles. The molecular formula is C17H17F3N4O4. The van der Waals surface area contributed by atoms with Crippen molar-refractivity contribution in [1.82, 2.24) is 19.8 Å². The van der Waals surface area contributed by atoms with Gasteiger partial charge in [-0.05, 0) is 31.0 Å². The molecule has 3 heterocycles. The van der Waals surface area contributed by atoms with Crippen LogP contribution in [0, 0.1) is 0 Å². The maximum absolute atomic E-state index is 12.5. The van der Waals surface area contributed by atoms with Crippen LogP contribution in [-0.4, -0.2) is 62.2 Å². The second-order valence-electron chi connectivity index (χ2n) is 6.49. The van der Waals surface area contributed by atoms with E-state index in [0.717, 1.165) is 4.90 Å². The summed E-state index contributed by atoms with van der Waals surface area (Å²) in [6.45, 7) is -0.434. The molecule has 0 saturated carbocycles. The summed E-state index contributed by atoms with van der Waals surface area (Å²) in [4.78, 5) is 43.0. The van der Waals surface area contributed by atoms with Gasteiger partial charge in [-0.15, -0.1) is 0 Å². The smallest absolute Gasteiger partial charge is 0.465 e. The molecule has 0 atom stereocenters. The Labute approximate surface area is 156 Å². The molecule has 0 spiro atoms. The number of nitrogens with one attached hydrogen (secondary N) is 1. The molecule has 1 aliphatic rings. The quantitative estimate of drug-likeness (QED) is 0.822. The zero-order valence-electron chi connectivity index (χ0n) is 14.6. The molecule has 2 N–H and O–H groups in total. The number of carboxylic acid groups (broad SMARTS) is 1. The van der Waals surface area contributed by atoms with Crippen molar-refractivity contribution in [2.75, 3.05) is 13.1 Å². The SMILES string of the molecule is O=C(O)N(Cc1ccc2ccc(=O)[nH]c2n1)C1CCN(C(=O)C(F)(F)F)CC1. The molecule has 2 aromatic rings. The van der Waals surface area contributed by atoms with E-state index in [1.807, 2.05) is 0 Å². The number of aromatic amines is 1. The number of hydrogen-bond acceptors (Lipinski definition) is 4. The van der Waals surface area contributed by atoms with Gasteiger partial charge in [0.1, 0.15) is 5.65 Å². The van der Waals surface area contributed by atoms with Gasteiger partial charge in [0.25, 0.3) is 0 Å². The van der Waals surface area contributed by atoms with Crippen molar-refractivity contribution >= 4 is 23.0 Å². The molecule has 2 amide bonds. The van der Waals surface area contributed by atoms with Crippen molar-refractivity contribution in [3.05, 3.63) is 40.3 Å². The van der Waals surface area contributed by atoms with Crippen molar-refractivity contribution < 1.29 is 27.9 Å². The molecule has 28 heavy (non-hydrogen) atoms. The summed E-state index contributed by atoms with van der Waals surface area (Å²) in [5.74, 6) is -1.91. The average Bonchev–Trinajstić information content (AvgIpc) is 2.64. The van der Waals surface area contributed by atoms with E-state index >= 15 is 0 Å². The summed E-state index contributed by atoms with van der Waals surface area (Å²) in [7, 11) is 0. The minimum absolute atomic E-state index is 0.0833. The van der Waals surface area contributed by atoms with E-state index in [4.69, 9.17) is 0 Å². The lowest BCUT2D eigenvalue weighted by Crippen LogP contribution is -2.51. The number of alkyl halides is 3. The van der Waals surface area contributed by atoms with Gasteiger partial charge in [-0.1, -0.05) is 0 Å². The van der Waals surface area contributed by atoms with Crippen LogP contribution in [-0.2, 0) is 11.3 Å². The summed E-state index contributed by atoms with van der Waals surface area (Å²) in [6.07, 6.45) is -5.98. The Balaban J connectivity index is 1.72. The number of hydrogen-bond donors (Lipinski definition) is 2. The van der Waals surface area contributed by atoms with Crippen LogP contribution in [0.25, 0.3) is 11.0 Å². The minimum atomic E-state index is -4.94. The minimum Gasteiger partial charge on any atom is -0.465 e. The highest BCUT2D eigenvalue weighted by Gasteiger charge is 2.43. The van der Waals surface area contributed by atoms with E-state index in [1.165, 1.54) is 6.07 Å². The van der Waals surface area contributed by atoms with Crippen LogP contribution in [0.3, 0.4) is 0 Å². The lowest BCUT2D eigenvalue weighted by molar-refractivity contribution is -0.186. The number of halogens is 3. The lowest BCUT2D eigenvalue weighted by Gasteiger charge is -2.37. The number of pyridine rings is 2. The predicted molar refractivity (Wildman–Crippen MR) is 91.6 cm³/mol. The van der Waals surface area contributed by atoms with Crippen LogP contribution in [0.5, 0.6) is 0 Å². The lowest BCUT2D eigenvalue weighted by atomic mass is 10.0. The molecule has 1 saturated heterocycles. The first kappa shape index (κ1) is 19.6. The van der Waals surface area contributed by atoms with Crippen LogP contribution in [0.15, 0.2) is 29.1 Å². The number of rotatable bonds is 3. The molecule has 0 bridgehead atoms. The van der Waals surface area contributed by atoms with Gasteiger partial charge in [0.2, 0.25) is 5.56 Å². The van der Waals surface area contributed by atoms with E-state index in [-0.39, 0.29) is 38.0 Å². The van der Waals surface area contributed by atoms with Gasteiger partial charge in [0.15, 0.2) is 0 Å². The third-order valence-corrected chi connectivity index (χ3v) is 4.65. The van der Waals surface area contributed by atoms with Gasteiger partial charge in [-0.2, -0.15) is 13.2 Å². The number of nitrogens with zero attached hydrogens (tertiary/aromatic N) is 3. The molecule has 11 heteroatoms. The molecule has 150 valence electrons. The van der Waals surface area contributed by atoms with Crippen LogP contribution >= 0.6 is 0 Å². The number of fused-ring (bicyclic) bond motifs is 1. The third kappa shape index (κ3) is 4.24. The standard InChI is InChI=1S/C17H17F3N4O4/c18-17(19,20)15(26)23-7-5-12(6-8-23)24(16(27)28)9-11-3-1-10-2-4-13(25)22-14(10)21-11/h1-4,12H,5-9H2,(H,27,28)(H,21,22,25). The van der Waals surface area contributed by atoms with E-state index in [1.54, 1.807) is 18.2 Å². The molecule has 8 nitrogen and oxygen atoms in total. The summed E-state index contributed by atoms with van der Waals surface area (Å²) in [5.41, 5.74) is 0.375. The number of carbonyl (C=O) groups excluding carboxylic acids is 1. The van der Waals surface area contributed by atoms with E-state index in [0.29, 0.717) is 21.6 Å². The van der Waals surface area contributed by atoms with Crippen LogP contribution in [0.1, 0.15) is 18.5 Å². The van der Waals surface area contributed by atoms with Gasteiger partial charge in [0, 0.05) is 30.6 Å². The molecular weight excluding hydrogens is 381 g/mol. The Hall–Kier alpha value is -3.11. The Morgan fingerprint density at radius 2 is 1.86 bits per heavy atom. The molecule has 2 aromatic heterocycles. The number of carbonyl (C=O) groups is 2. The molecule has 1 fully saturated rings. The fourth-order valence-electron chi connectivity index (χ4n) is 3.24. The fraction of sp³-hybridized carbons (Fsp3) is 0.412. The summed E-state index contributed by atoms with van der Waals surface area (Å²) < 4.78 is 37.6. The van der Waals surface area contributed by atoms with E-state index < -0.39 is 24.2 Å². The first-order valence-corrected chi connectivity index (χ1v) is 8.50. The Morgan fingerprint density at radius 1 is 1.21 bits per heavy atom. The van der Waals surface area contributed by atoms with E-state index in [2.05, 4.69) is 9.97 Å². The predicted octanol–water partition coefficient (Wildman–Crippen LogP) is 1.96. The molecule has 3 rings (SSSR count). The fourth-order valence-corrected chi connectivity index (χ4v) is 3.24. The second-order valence-corrected chi connectivity index (χ2v) is 6.49. The van der Waals surface area contributed by atoms with Gasteiger partial charge in [-0.3, -0.25) is 14.5 Å². The van der Waals surface area contributed by atoms with Crippen LogP contribution < -0.4 is 5.56 Å². The number of amides is 2. The molecule has 1 aliphatic heterocycles. The van der Waals surface area contributed by atoms with E-state index in [9.17, 15) is 32.7 Å². The molecule has 0 aliphatic carbocycles. The summed E-state index contributed by atoms with van der Waals surface area (Å²) in [5, 5.41) is 10.2. The normalized spacial score (nSPS) is 15.6. The number of H-pyrrole nitrogens is 1. The topological polar surface area (TPSA) is 107 Å². The van der Waals surface area contributed by atoms with Crippen LogP contribution in [0.2, 0.25) is 0 Å². The van der Waals surface area contributed by atoms with Gasteiger partial charge >= 0.3 is 18.2 Å². The number of likely N-dealkylation sites (tertiary alicyclic amines) is 1. The largest absolute Gasteiger partial charge is 0.471 e. The van der Waals surface area contributed by atoms with Crippen molar-refractivity contribution in [1.29, 1.82) is 0 Å². The van der Waals surface area contributed by atoms with Crippen molar-refractivity contribution in [2.24, 2.45) is 0 Å². The molecule has 0 radical (unpaired) electrons. The summed E-state index contributed by atoms with van der Waals surface area (Å²) >= 11 is 0. The highest BCUT2D eigenvalue weighted by molar-refractivity contribution is 5.82. The Morgan fingerprint density at radius 3 is 2.46 bits per heavy atom. The first-order valence-electron chi connectivity index (χ1n) is 8.50. The first-order chi connectivity index (χ1) is 13.1. The van der Waals surface area contributed by atoms with Crippen molar-refractivity contribution in [2.45, 2.75) is 31.6 Å². The monoisotopic (exact) mass is 398 g/mol. The zero-order chi connectivity index (χ0) is 20.5. The van der Waals surface area contributed by atoms with Gasteiger partial charge in [0.05, 0.1) is 12.2 Å². The maximum Gasteiger partial charge on any atom is 0.471 e. The Bertz CT molecular complexity index is 951. The summed E-state index contributed by atoms with van der Waals surface area (Å²) in [6, 6.07) is 5.72. The third-order valence-electron chi connectivity index (χ3n) is 4.65. The van der Waals surface area contributed by atoms with Crippen molar-refractivity contribution in [3.8, 4) is 0 Å². The second kappa shape index (κ2) is 7.49. The average molecular weight is 398 g/mol. The van der Waals surface area contributed by atoms with Crippen LogP contribution in [0.4, 0.5) is 18.0 Å². The molecule has 0 unspecified atom stereocenters. The van der Waals surface area contributed by atoms with Gasteiger partial charge < -0.3 is 15.0 Å². The highest BCUT2D eigenvalue weighted by Crippen LogP contribution is 2.24. The maximum atomic E-state index is 12.5. The van der Waals surface area contributed by atoms with Crippen molar-refractivity contribution in [3.63, 3.8) is 0 Å². The van der Waals surface area contributed by atoms with Gasteiger partial charge in [-0.25, -0.2) is 9.78 Å². The number of piperidine rings is 1.